The van der Waals surface area contributed by atoms with E-state index in [1.54, 1.807) is 20.4 Å². The van der Waals surface area contributed by atoms with Gasteiger partial charge >= 0.3 is 0 Å². The minimum absolute atomic E-state index is 0.231. The predicted octanol–water partition coefficient (Wildman–Crippen LogP) is 1.40. The van der Waals surface area contributed by atoms with Gasteiger partial charge in [-0.1, -0.05) is 6.07 Å². The molecule has 140 valence electrons. The van der Waals surface area contributed by atoms with Gasteiger partial charge in [0.2, 0.25) is 0 Å². The smallest absolute Gasteiger partial charge is 0.271 e. The zero-order chi connectivity index (χ0) is 18.9. The Hall–Kier alpha value is -2.87. The summed E-state index contributed by atoms with van der Waals surface area (Å²) >= 11 is 0. The van der Waals surface area contributed by atoms with Crippen LogP contribution in [0.2, 0.25) is 0 Å². The fourth-order valence-corrected chi connectivity index (χ4v) is 2.20. The molecule has 2 N–H and O–H groups in total. The molecule has 8 heteroatoms. The quantitative estimate of drug-likeness (QED) is 0.699. The average molecular weight is 359 g/mol. The summed E-state index contributed by atoms with van der Waals surface area (Å²) in [4.78, 5) is 22.4. The van der Waals surface area contributed by atoms with Crippen LogP contribution in [0, 0.1) is 0 Å². The number of nitrogens with zero attached hydrogens (tertiary/aromatic N) is 3. The van der Waals surface area contributed by atoms with E-state index in [1.807, 2.05) is 37.2 Å². The Morgan fingerprint density at radius 3 is 2.50 bits per heavy atom. The van der Waals surface area contributed by atoms with E-state index in [4.69, 9.17) is 9.47 Å². The van der Waals surface area contributed by atoms with Gasteiger partial charge in [0, 0.05) is 19.6 Å². The number of aromatic nitrogens is 2. The second-order valence-corrected chi connectivity index (χ2v) is 5.89. The van der Waals surface area contributed by atoms with Crippen LogP contribution in [-0.2, 0) is 6.54 Å². The van der Waals surface area contributed by atoms with E-state index in [2.05, 4.69) is 20.6 Å². The van der Waals surface area contributed by atoms with Crippen molar-refractivity contribution in [2.75, 3.05) is 46.7 Å². The number of ether oxygens (including phenoxy) is 2. The average Bonchev–Trinajstić information content (AvgIpc) is 2.66. The number of hydrogen-bond donors (Lipinski definition) is 2. The summed E-state index contributed by atoms with van der Waals surface area (Å²) < 4.78 is 10.5. The molecular weight excluding hydrogens is 334 g/mol. The van der Waals surface area contributed by atoms with Gasteiger partial charge < -0.3 is 25.0 Å². The first-order chi connectivity index (χ1) is 12.5. The van der Waals surface area contributed by atoms with Crippen LogP contribution in [0.3, 0.4) is 0 Å². The zero-order valence-electron chi connectivity index (χ0n) is 15.6. The van der Waals surface area contributed by atoms with Gasteiger partial charge in [-0.15, -0.1) is 0 Å². The molecule has 0 bridgehead atoms. The topological polar surface area (TPSA) is 88.6 Å². The molecule has 0 aliphatic heterocycles. The van der Waals surface area contributed by atoms with Crippen molar-refractivity contribution in [1.29, 1.82) is 0 Å². The fraction of sp³-hybridized carbons (Fsp3) is 0.389. The summed E-state index contributed by atoms with van der Waals surface area (Å²) in [5, 5.41) is 5.97. The van der Waals surface area contributed by atoms with Crippen LogP contribution >= 0.6 is 0 Å². The number of likely N-dealkylation sites (N-methyl/N-ethyl adjacent to an activating group) is 1. The van der Waals surface area contributed by atoms with Gasteiger partial charge in [-0.3, -0.25) is 4.79 Å². The lowest BCUT2D eigenvalue weighted by atomic mass is 10.2. The van der Waals surface area contributed by atoms with Crippen molar-refractivity contribution in [2.45, 2.75) is 6.54 Å². The number of amides is 1. The molecule has 0 saturated carbocycles. The highest BCUT2D eigenvalue weighted by atomic mass is 16.5. The Morgan fingerprint density at radius 1 is 1.12 bits per heavy atom. The second kappa shape index (κ2) is 9.57. The highest BCUT2D eigenvalue weighted by Gasteiger charge is 2.08. The van der Waals surface area contributed by atoms with Crippen molar-refractivity contribution in [2.24, 2.45) is 0 Å². The summed E-state index contributed by atoms with van der Waals surface area (Å²) in [7, 11) is 7.10. The number of benzene rings is 1. The molecule has 1 aromatic carbocycles. The first-order valence-corrected chi connectivity index (χ1v) is 8.23. The Kier molecular flexibility index (Phi) is 7.16. The zero-order valence-corrected chi connectivity index (χ0v) is 15.6. The largest absolute Gasteiger partial charge is 0.493 e. The molecule has 0 saturated heterocycles. The van der Waals surface area contributed by atoms with Gasteiger partial charge in [-0.25, -0.2) is 9.97 Å². The molecule has 0 unspecified atom stereocenters. The minimum atomic E-state index is -0.231. The Balaban J connectivity index is 1.90. The highest BCUT2D eigenvalue weighted by molar-refractivity contribution is 5.91. The van der Waals surface area contributed by atoms with Gasteiger partial charge in [0.05, 0.1) is 26.6 Å². The molecule has 8 nitrogen and oxygen atoms in total. The molecule has 2 rings (SSSR count). The summed E-state index contributed by atoms with van der Waals surface area (Å²) in [6.45, 7) is 1.88. The number of nitrogens with one attached hydrogen (secondary N) is 2. The van der Waals surface area contributed by atoms with Crippen LogP contribution in [-0.4, -0.2) is 62.2 Å². The van der Waals surface area contributed by atoms with Crippen molar-refractivity contribution < 1.29 is 14.3 Å². The summed E-state index contributed by atoms with van der Waals surface area (Å²) in [5.74, 6) is 1.71. The molecule has 26 heavy (non-hydrogen) atoms. The van der Waals surface area contributed by atoms with E-state index >= 15 is 0 Å². The number of carbonyl (C=O) groups excluding carboxylic acids is 1. The fourth-order valence-electron chi connectivity index (χ4n) is 2.20. The molecule has 2 aromatic rings. The minimum Gasteiger partial charge on any atom is -0.493 e. The Labute approximate surface area is 153 Å². The van der Waals surface area contributed by atoms with E-state index in [0.29, 0.717) is 36.1 Å². The molecule has 0 spiro atoms. The van der Waals surface area contributed by atoms with E-state index in [-0.39, 0.29) is 5.91 Å². The maximum absolute atomic E-state index is 12.0. The van der Waals surface area contributed by atoms with Gasteiger partial charge in [0.15, 0.2) is 11.5 Å². The summed E-state index contributed by atoms with van der Waals surface area (Å²) in [5.41, 5.74) is 1.30. The number of rotatable bonds is 9. The number of anilines is 1. The normalized spacial score (nSPS) is 10.5. The van der Waals surface area contributed by atoms with Crippen molar-refractivity contribution in [3.8, 4) is 11.5 Å². The second-order valence-electron chi connectivity index (χ2n) is 5.89. The summed E-state index contributed by atoms with van der Waals surface area (Å²) in [6, 6.07) is 5.68. The third-order valence-corrected chi connectivity index (χ3v) is 3.65. The molecule has 1 aromatic heterocycles. The monoisotopic (exact) mass is 359 g/mol. The van der Waals surface area contributed by atoms with Crippen LogP contribution in [0.25, 0.3) is 0 Å². The lowest BCUT2D eigenvalue weighted by Crippen LogP contribution is -2.31. The number of carbonyl (C=O) groups is 1. The first-order valence-electron chi connectivity index (χ1n) is 8.23. The van der Waals surface area contributed by atoms with E-state index in [1.165, 1.54) is 6.20 Å². The molecule has 0 aliphatic carbocycles. The van der Waals surface area contributed by atoms with Crippen molar-refractivity contribution >= 4 is 11.7 Å². The van der Waals surface area contributed by atoms with Gasteiger partial charge in [-0.2, -0.15) is 0 Å². The SMILES string of the molecule is COc1ccc(CNc2cnc(C(=O)NCCN(C)C)cn2)cc1OC. The van der Waals surface area contributed by atoms with Crippen molar-refractivity contribution in [1.82, 2.24) is 20.2 Å². The van der Waals surface area contributed by atoms with Crippen LogP contribution < -0.4 is 20.1 Å². The molecule has 1 amide bonds. The van der Waals surface area contributed by atoms with Gasteiger partial charge in [0.25, 0.3) is 5.91 Å². The van der Waals surface area contributed by atoms with E-state index in [0.717, 1.165) is 12.1 Å². The number of hydrogen-bond acceptors (Lipinski definition) is 7. The lowest BCUT2D eigenvalue weighted by Gasteiger charge is -2.11. The molecular formula is C18H25N5O3. The highest BCUT2D eigenvalue weighted by Crippen LogP contribution is 2.27. The van der Waals surface area contributed by atoms with Crippen LogP contribution in [0.5, 0.6) is 11.5 Å². The molecule has 0 radical (unpaired) electrons. The van der Waals surface area contributed by atoms with Crippen LogP contribution in [0.4, 0.5) is 5.82 Å². The molecule has 1 heterocycles. The maximum atomic E-state index is 12.0. The first kappa shape index (κ1) is 19.5. The molecule has 0 aliphatic rings. The Bertz CT molecular complexity index is 719. The van der Waals surface area contributed by atoms with Crippen molar-refractivity contribution in [3.05, 3.63) is 41.9 Å². The summed E-state index contributed by atoms with van der Waals surface area (Å²) in [6.07, 6.45) is 3.00. The Morgan fingerprint density at radius 2 is 1.88 bits per heavy atom. The maximum Gasteiger partial charge on any atom is 0.271 e. The van der Waals surface area contributed by atoms with Crippen molar-refractivity contribution in [3.63, 3.8) is 0 Å². The van der Waals surface area contributed by atoms with Crippen LogP contribution in [0.1, 0.15) is 16.1 Å². The molecule has 0 fully saturated rings. The third-order valence-electron chi connectivity index (χ3n) is 3.65. The van der Waals surface area contributed by atoms with E-state index < -0.39 is 0 Å². The predicted molar refractivity (Wildman–Crippen MR) is 99.8 cm³/mol. The standard InChI is InChI=1S/C18H25N5O3/c1-23(2)8-7-19-18(24)14-11-22-17(12-20-14)21-10-13-5-6-15(25-3)16(9-13)26-4/h5-6,9,11-12H,7-8,10H2,1-4H3,(H,19,24)(H,21,22). The molecule has 0 atom stereocenters. The lowest BCUT2D eigenvalue weighted by molar-refractivity contribution is 0.0945. The van der Waals surface area contributed by atoms with Gasteiger partial charge in [0.1, 0.15) is 11.5 Å². The number of methoxy groups -OCH3 is 2. The van der Waals surface area contributed by atoms with Crippen LogP contribution in [0.15, 0.2) is 30.6 Å². The van der Waals surface area contributed by atoms with Gasteiger partial charge in [-0.05, 0) is 31.8 Å². The van der Waals surface area contributed by atoms with E-state index in [9.17, 15) is 4.79 Å². The third kappa shape index (κ3) is 5.59.